The van der Waals surface area contributed by atoms with Crippen molar-refractivity contribution >= 4 is 11.3 Å². The van der Waals surface area contributed by atoms with Crippen LogP contribution < -0.4 is 5.32 Å². The van der Waals surface area contributed by atoms with Crippen molar-refractivity contribution in [3.8, 4) is 0 Å². The quantitative estimate of drug-likeness (QED) is 0.904. The molecule has 1 aromatic heterocycles. The number of nitrogens with one attached hydrogen (secondary N) is 1. The van der Waals surface area contributed by atoms with Gasteiger partial charge in [-0.1, -0.05) is 19.3 Å². The third kappa shape index (κ3) is 3.44. The molecular weight excluding hydrogens is 264 g/mol. The largest absolute Gasteiger partial charge is 0.312 e. The summed E-state index contributed by atoms with van der Waals surface area (Å²) in [4.78, 5) is 2.71. The van der Waals surface area contributed by atoms with Gasteiger partial charge in [-0.3, -0.25) is 4.90 Å². The first kappa shape index (κ1) is 14.6. The van der Waals surface area contributed by atoms with Gasteiger partial charge in [0.1, 0.15) is 0 Å². The summed E-state index contributed by atoms with van der Waals surface area (Å²) >= 11 is 1.82. The van der Waals surface area contributed by atoms with Crippen molar-refractivity contribution in [1.82, 2.24) is 10.2 Å². The van der Waals surface area contributed by atoms with Crippen molar-refractivity contribution in [3.63, 3.8) is 0 Å². The molecule has 2 aliphatic rings. The zero-order chi connectivity index (χ0) is 13.8. The first-order valence-electron chi connectivity index (χ1n) is 8.34. The van der Waals surface area contributed by atoms with E-state index in [4.69, 9.17) is 0 Å². The van der Waals surface area contributed by atoms with Crippen LogP contribution in [0.5, 0.6) is 0 Å². The van der Waals surface area contributed by atoms with Crippen molar-refractivity contribution in [2.45, 2.75) is 57.5 Å². The fourth-order valence-electron chi connectivity index (χ4n) is 3.91. The van der Waals surface area contributed by atoms with Crippen LogP contribution >= 0.6 is 11.3 Å². The van der Waals surface area contributed by atoms with E-state index >= 15 is 0 Å². The predicted octanol–water partition coefficient (Wildman–Crippen LogP) is 4.05. The second kappa shape index (κ2) is 7.06. The molecule has 1 saturated heterocycles. The molecule has 2 unspecified atom stereocenters. The maximum Gasteiger partial charge on any atom is 0.0328 e. The van der Waals surface area contributed by atoms with Gasteiger partial charge in [-0.15, -0.1) is 0 Å². The maximum atomic E-state index is 3.84. The van der Waals surface area contributed by atoms with Crippen LogP contribution in [0.15, 0.2) is 16.8 Å². The van der Waals surface area contributed by atoms with E-state index in [9.17, 15) is 0 Å². The second-order valence-electron chi connectivity index (χ2n) is 6.54. The zero-order valence-electron chi connectivity index (χ0n) is 12.7. The Morgan fingerprint density at radius 2 is 2.10 bits per heavy atom. The van der Waals surface area contributed by atoms with Gasteiger partial charge in [0.15, 0.2) is 0 Å². The molecule has 20 heavy (non-hydrogen) atoms. The first-order chi connectivity index (χ1) is 9.84. The van der Waals surface area contributed by atoms with Crippen molar-refractivity contribution < 1.29 is 0 Å². The lowest BCUT2D eigenvalue weighted by atomic mass is 9.83. The number of rotatable bonds is 3. The Balaban J connectivity index is 1.65. The van der Waals surface area contributed by atoms with Gasteiger partial charge in [0.25, 0.3) is 0 Å². The van der Waals surface area contributed by atoms with Crippen LogP contribution in [0.2, 0.25) is 0 Å². The van der Waals surface area contributed by atoms with E-state index in [2.05, 4.69) is 34.0 Å². The standard InChI is InChI=1S/C17H28N2S/c1-14(16-8-11-20-13-16)19-10-5-9-18-17(12-19)15-6-3-2-4-7-15/h8,11,13-15,17-18H,2-7,9-10,12H2,1H3. The molecule has 0 radical (unpaired) electrons. The monoisotopic (exact) mass is 292 g/mol. The van der Waals surface area contributed by atoms with Crippen molar-refractivity contribution in [2.75, 3.05) is 19.6 Å². The highest BCUT2D eigenvalue weighted by molar-refractivity contribution is 7.07. The molecule has 112 valence electrons. The van der Waals surface area contributed by atoms with Gasteiger partial charge in [-0.05, 0) is 61.0 Å². The van der Waals surface area contributed by atoms with Crippen molar-refractivity contribution in [2.24, 2.45) is 5.92 Å². The smallest absolute Gasteiger partial charge is 0.0328 e. The van der Waals surface area contributed by atoms with Crippen LogP contribution in [0.25, 0.3) is 0 Å². The highest BCUT2D eigenvalue weighted by Gasteiger charge is 2.28. The molecule has 2 atom stereocenters. The zero-order valence-corrected chi connectivity index (χ0v) is 13.5. The third-order valence-electron chi connectivity index (χ3n) is 5.25. The summed E-state index contributed by atoms with van der Waals surface area (Å²) in [5.41, 5.74) is 1.50. The molecule has 3 heteroatoms. The fraction of sp³-hybridized carbons (Fsp3) is 0.765. The van der Waals surface area contributed by atoms with E-state index in [0.29, 0.717) is 6.04 Å². The average molecular weight is 292 g/mol. The summed E-state index contributed by atoms with van der Waals surface area (Å²) < 4.78 is 0. The van der Waals surface area contributed by atoms with Crippen molar-refractivity contribution in [3.05, 3.63) is 22.4 Å². The third-order valence-corrected chi connectivity index (χ3v) is 5.95. The van der Waals surface area contributed by atoms with Gasteiger partial charge in [0, 0.05) is 25.2 Å². The normalized spacial score (nSPS) is 28.1. The van der Waals surface area contributed by atoms with Gasteiger partial charge >= 0.3 is 0 Å². The van der Waals surface area contributed by atoms with E-state index < -0.39 is 0 Å². The number of nitrogens with zero attached hydrogens (tertiary/aromatic N) is 1. The molecule has 0 aromatic carbocycles. The van der Waals surface area contributed by atoms with Gasteiger partial charge in [0.05, 0.1) is 0 Å². The minimum atomic E-state index is 0.576. The molecule has 2 fully saturated rings. The lowest BCUT2D eigenvalue weighted by Crippen LogP contribution is -2.44. The van der Waals surface area contributed by atoms with E-state index in [-0.39, 0.29) is 0 Å². The minimum Gasteiger partial charge on any atom is -0.312 e. The van der Waals surface area contributed by atoms with E-state index in [0.717, 1.165) is 12.0 Å². The summed E-state index contributed by atoms with van der Waals surface area (Å²) in [7, 11) is 0. The van der Waals surface area contributed by atoms with E-state index in [1.807, 2.05) is 11.3 Å². The Morgan fingerprint density at radius 1 is 1.25 bits per heavy atom. The summed E-state index contributed by atoms with van der Waals surface area (Å²) in [6.07, 6.45) is 8.53. The lowest BCUT2D eigenvalue weighted by molar-refractivity contribution is 0.170. The Hall–Kier alpha value is -0.380. The summed E-state index contributed by atoms with van der Waals surface area (Å²) in [6.45, 7) is 6.06. The fourth-order valence-corrected chi connectivity index (χ4v) is 4.65. The number of hydrogen-bond donors (Lipinski definition) is 1. The summed E-state index contributed by atoms with van der Waals surface area (Å²) in [5, 5.41) is 8.37. The summed E-state index contributed by atoms with van der Waals surface area (Å²) in [5.74, 6) is 0.916. The Morgan fingerprint density at radius 3 is 2.85 bits per heavy atom. The average Bonchev–Trinajstić information content (AvgIpc) is 2.92. The van der Waals surface area contributed by atoms with Crippen LogP contribution in [0, 0.1) is 5.92 Å². The molecule has 2 heterocycles. The number of hydrogen-bond acceptors (Lipinski definition) is 3. The van der Waals surface area contributed by atoms with Crippen molar-refractivity contribution in [1.29, 1.82) is 0 Å². The van der Waals surface area contributed by atoms with Crippen LogP contribution in [0.3, 0.4) is 0 Å². The molecule has 1 N–H and O–H groups in total. The Kier molecular flexibility index (Phi) is 5.14. The molecule has 0 amide bonds. The highest BCUT2D eigenvalue weighted by atomic mass is 32.1. The SMILES string of the molecule is CC(c1ccsc1)N1CCCNC(C2CCCCC2)C1. The molecule has 1 aliphatic carbocycles. The van der Waals surface area contributed by atoms with E-state index in [1.165, 1.54) is 63.7 Å². The minimum absolute atomic E-state index is 0.576. The molecule has 1 aromatic rings. The van der Waals surface area contributed by atoms with Gasteiger partial charge in [-0.25, -0.2) is 0 Å². The van der Waals surface area contributed by atoms with Crippen LogP contribution in [0.4, 0.5) is 0 Å². The summed E-state index contributed by atoms with van der Waals surface area (Å²) in [6, 6.07) is 3.59. The maximum absolute atomic E-state index is 3.84. The lowest BCUT2D eigenvalue weighted by Gasteiger charge is -2.35. The van der Waals surface area contributed by atoms with Crippen LogP contribution in [-0.2, 0) is 0 Å². The van der Waals surface area contributed by atoms with Crippen LogP contribution in [-0.4, -0.2) is 30.6 Å². The molecule has 0 spiro atoms. The van der Waals surface area contributed by atoms with Gasteiger partial charge < -0.3 is 5.32 Å². The molecule has 3 rings (SSSR count). The van der Waals surface area contributed by atoms with Gasteiger partial charge in [0.2, 0.25) is 0 Å². The topological polar surface area (TPSA) is 15.3 Å². The highest BCUT2D eigenvalue weighted by Crippen LogP contribution is 2.30. The molecule has 1 saturated carbocycles. The molecule has 2 nitrogen and oxygen atoms in total. The molecular formula is C17H28N2S. The Bertz CT molecular complexity index is 384. The first-order valence-corrected chi connectivity index (χ1v) is 9.28. The predicted molar refractivity (Wildman–Crippen MR) is 87.3 cm³/mol. The van der Waals surface area contributed by atoms with E-state index in [1.54, 1.807) is 0 Å². The van der Waals surface area contributed by atoms with Gasteiger partial charge in [-0.2, -0.15) is 11.3 Å². The van der Waals surface area contributed by atoms with Crippen LogP contribution in [0.1, 0.15) is 57.1 Å². The molecule has 0 bridgehead atoms. The Labute approximate surface area is 127 Å². The second-order valence-corrected chi connectivity index (χ2v) is 7.32. The number of thiophene rings is 1. The molecule has 1 aliphatic heterocycles.